The second kappa shape index (κ2) is 9.75. The molecule has 3 aromatic rings. The van der Waals surface area contributed by atoms with Gasteiger partial charge in [-0.15, -0.1) is 0 Å². The van der Waals surface area contributed by atoms with E-state index in [-0.39, 0.29) is 23.7 Å². The number of nitrogens with zero attached hydrogens (tertiary/aromatic N) is 2. The first-order chi connectivity index (χ1) is 16.2. The zero-order valence-electron chi connectivity index (χ0n) is 18.8. The van der Waals surface area contributed by atoms with Gasteiger partial charge in [-0.25, -0.2) is 4.39 Å². The van der Waals surface area contributed by atoms with Crippen molar-refractivity contribution >= 4 is 11.6 Å². The number of amides is 1. The van der Waals surface area contributed by atoms with Crippen LogP contribution < -0.4 is 10.2 Å². The molecular weight excluding hydrogens is 413 g/mol. The molecule has 1 saturated heterocycles. The summed E-state index contributed by atoms with van der Waals surface area (Å²) in [5.74, 6) is -0.359. The number of rotatable bonds is 6. The molecule has 0 spiro atoms. The van der Waals surface area contributed by atoms with Crippen molar-refractivity contribution in [1.29, 1.82) is 0 Å². The van der Waals surface area contributed by atoms with Crippen molar-refractivity contribution in [2.24, 2.45) is 5.92 Å². The molecule has 2 heterocycles. The first-order valence-electron chi connectivity index (χ1n) is 11.8. The van der Waals surface area contributed by atoms with Gasteiger partial charge in [0.25, 0.3) is 0 Å². The highest BCUT2D eigenvalue weighted by Gasteiger charge is 2.41. The van der Waals surface area contributed by atoms with E-state index in [0.29, 0.717) is 6.54 Å². The van der Waals surface area contributed by atoms with Crippen molar-refractivity contribution < 1.29 is 9.18 Å². The minimum Gasteiger partial charge on any atom is -0.365 e. The smallest absolute Gasteiger partial charge is 0.225 e. The van der Waals surface area contributed by atoms with Crippen LogP contribution in [0.5, 0.6) is 0 Å². The van der Waals surface area contributed by atoms with Gasteiger partial charge in [0, 0.05) is 38.4 Å². The van der Waals surface area contributed by atoms with Gasteiger partial charge in [0.15, 0.2) is 0 Å². The Labute approximate surface area is 195 Å². The van der Waals surface area contributed by atoms with Crippen LogP contribution in [0.2, 0.25) is 0 Å². The number of carbonyl (C=O) groups excluding carboxylic acids is 1. The molecule has 4 nitrogen and oxygen atoms in total. The molecule has 2 aliphatic heterocycles. The average Bonchev–Trinajstić information content (AvgIpc) is 2.86. The molecule has 5 rings (SSSR count). The Morgan fingerprint density at radius 2 is 1.73 bits per heavy atom. The Morgan fingerprint density at radius 3 is 2.58 bits per heavy atom. The van der Waals surface area contributed by atoms with E-state index in [2.05, 4.69) is 69.7 Å². The molecule has 0 aliphatic carbocycles. The summed E-state index contributed by atoms with van der Waals surface area (Å²) in [5, 5.41) is 3.08. The number of carbonyl (C=O) groups is 1. The van der Waals surface area contributed by atoms with Gasteiger partial charge in [0.1, 0.15) is 5.82 Å². The predicted octanol–water partition coefficient (Wildman–Crippen LogP) is 4.05. The average molecular weight is 444 g/mol. The second-order valence-electron chi connectivity index (χ2n) is 9.08. The summed E-state index contributed by atoms with van der Waals surface area (Å²) >= 11 is 0. The first-order valence-corrected chi connectivity index (χ1v) is 11.8. The van der Waals surface area contributed by atoms with Crippen LogP contribution in [-0.4, -0.2) is 43.0 Å². The summed E-state index contributed by atoms with van der Waals surface area (Å²) in [6, 6.07) is 25.6. The molecule has 2 aliphatic rings. The fraction of sp³-hybridized carbons (Fsp3) is 0.321. The van der Waals surface area contributed by atoms with Crippen LogP contribution in [0.4, 0.5) is 10.1 Å². The summed E-state index contributed by atoms with van der Waals surface area (Å²) in [4.78, 5) is 18.3. The van der Waals surface area contributed by atoms with Crippen molar-refractivity contribution in [3.05, 3.63) is 101 Å². The molecule has 0 radical (unpaired) electrons. The van der Waals surface area contributed by atoms with E-state index in [4.69, 9.17) is 0 Å². The normalized spacial score (nSPS) is 20.1. The van der Waals surface area contributed by atoms with Gasteiger partial charge in [-0.1, -0.05) is 60.7 Å². The first kappa shape index (κ1) is 21.7. The predicted molar refractivity (Wildman–Crippen MR) is 130 cm³/mol. The molecule has 1 N–H and O–H groups in total. The molecule has 0 saturated carbocycles. The third-order valence-electron chi connectivity index (χ3n) is 6.96. The van der Waals surface area contributed by atoms with E-state index < -0.39 is 0 Å². The highest BCUT2D eigenvalue weighted by molar-refractivity contribution is 5.82. The third kappa shape index (κ3) is 4.93. The summed E-state index contributed by atoms with van der Waals surface area (Å²) in [6.07, 6.45) is 1.75. The number of para-hydroxylation sites is 1. The number of nitrogens with one attached hydrogen (secondary N) is 1. The molecule has 3 aromatic carbocycles. The zero-order valence-corrected chi connectivity index (χ0v) is 18.8. The van der Waals surface area contributed by atoms with Crippen molar-refractivity contribution in [2.45, 2.75) is 25.4 Å². The number of anilines is 1. The minimum absolute atomic E-state index is 0.0497. The number of fused-ring (bicyclic) bond motifs is 3. The van der Waals surface area contributed by atoms with E-state index in [0.717, 1.165) is 44.6 Å². The van der Waals surface area contributed by atoms with Crippen LogP contribution in [0.25, 0.3) is 0 Å². The Morgan fingerprint density at radius 1 is 0.939 bits per heavy atom. The quantitative estimate of drug-likeness (QED) is 0.625. The van der Waals surface area contributed by atoms with Gasteiger partial charge < -0.3 is 10.2 Å². The molecule has 1 fully saturated rings. The molecule has 5 heteroatoms. The summed E-state index contributed by atoms with van der Waals surface area (Å²) < 4.78 is 13.5. The Hall–Kier alpha value is -3.18. The lowest BCUT2D eigenvalue weighted by molar-refractivity contribution is -0.126. The molecule has 0 bridgehead atoms. The lowest BCUT2D eigenvalue weighted by Crippen LogP contribution is -2.61. The van der Waals surface area contributed by atoms with E-state index in [1.807, 2.05) is 6.07 Å². The van der Waals surface area contributed by atoms with E-state index in [1.54, 1.807) is 6.07 Å². The molecule has 1 amide bonds. The Bertz CT molecular complexity index is 1100. The Balaban J connectivity index is 1.30. The van der Waals surface area contributed by atoms with Gasteiger partial charge in [-0.3, -0.25) is 9.69 Å². The minimum atomic E-state index is -0.277. The van der Waals surface area contributed by atoms with Crippen molar-refractivity contribution in [1.82, 2.24) is 10.2 Å². The van der Waals surface area contributed by atoms with Gasteiger partial charge in [-0.2, -0.15) is 0 Å². The van der Waals surface area contributed by atoms with Gasteiger partial charge in [0.05, 0.1) is 12.0 Å². The molecular formula is C28H30FN3O. The highest BCUT2D eigenvalue weighted by Crippen LogP contribution is 2.36. The number of halogens is 1. The summed E-state index contributed by atoms with van der Waals surface area (Å²) in [5.41, 5.74) is 4.62. The van der Waals surface area contributed by atoms with Crippen molar-refractivity contribution in [3.63, 3.8) is 0 Å². The summed E-state index contributed by atoms with van der Waals surface area (Å²) in [6.45, 7) is 4.13. The summed E-state index contributed by atoms with van der Waals surface area (Å²) in [7, 11) is 0. The molecule has 170 valence electrons. The molecule has 0 aromatic heterocycles. The topological polar surface area (TPSA) is 35.6 Å². The fourth-order valence-corrected chi connectivity index (χ4v) is 5.22. The van der Waals surface area contributed by atoms with Crippen molar-refractivity contribution in [3.8, 4) is 0 Å². The SMILES string of the molecule is O=C(NCc1cccc(F)c1)[C@H]1Cc2ccccc2N2CCN(CCc3ccccc3)C[C@H]12. The van der Waals surface area contributed by atoms with Crippen LogP contribution in [0.3, 0.4) is 0 Å². The fourth-order valence-electron chi connectivity index (χ4n) is 5.22. The standard InChI is InChI=1S/C28H30FN3O/c29-24-11-6-9-22(17-24)19-30-28(33)25-18-23-10-4-5-12-26(23)32-16-15-31(20-27(25)32)14-13-21-7-2-1-3-8-21/h1-12,17,25,27H,13-16,18-20H2,(H,30,33)/t25-,27+/m0/s1. The van der Waals surface area contributed by atoms with Crippen LogP contribution in [0, 0.1) is 11.7 Å². The van der Waals surface area contributed by atoms with Gasteiger partial charge >= 0.3 is 0 Å². The third-order valence-corrected chi connectivity index (χ3v) is 6.96. The number of hydrogen-bond donors (Lipinski definition) is 1. The maximum atomic E-state index is 13.5. The lowest BCUT2D eigenvalue weighted by Gasteiger charge is -2.49. The van der Waals surface area contributed by atoms with E-state index in [1.165, 1.54) is 28.9 Å². The van der Waals surface area contributed by atoms with E-state index >= 15 is 0 Å². The van der Waals surface area contributed by atoms with Gasteiger partial charge in [-0.05, 0) is 47.7 Å². The monoisotopic (exact) mass is 443 g/mol. The number of hydrogen-bond acceptors (Lipinski definition) is 3. The Kier molecular flexibility index (Phi) is 6.40. The lowest BCUT2D eigenvalue weighted by atomic mass is 9.83. The van der Waals surface area contributed by atoms with Crippen LogP contribution in [0.1, 0.15) is 16.7 Å². The molecule has 0 unspecified atom stereocenters. The van der Waals surface area contributed by atoms with Crippen LogP contribution in [-0.2, 0) is 24.2 Å². The molecule has 33 heavy (non-hydrogen) atoms. The van der Waals surface area contributed by atoms with E-state index in [9.17, 15) is 9.18 Å². The highest BCUT2D eigenvalue weighted by atomic mass is 19.1. The maximum Gasteiger partial charge on any atom is 0.225 e. The number of benzene rings is 3. The maximum absolute atomic E-state index is 13.5. The zero-order chi connectivity index (χ0) is 22.6. The number of piperazine rings is 1. The van der Waals surface area contributed by atoms with Gasteiger partial charge in [0.2, 0.25) is 5.91 Å². The van der Waals surface area contributed by atoms with Crippen LogP contribution >= 0.6 is 0 Å². The van der Waals surface area contributed by atoms with Crippen LogP contribution in [0.15, 0.2) is 78.9 Å². The second-order valence-corrected chi connectivity index (χ2v) is 9.08. The largest absolute Gasteiger partial charge is 0.365 e. The molecule has 2 atom stereocenters. The van der Waals surface area contributed by atoms with Crippen molar-refractivity contribution in [2.75, 3.05) is 31.1 Å².